The highest BCUT2D eigenvalue weighted by atomic mass is 35.5. The van der Waals surface area contributed by atoms with Crippen molar-refractivity contribution in [2.75, 3.05) is 20.3 Å². The van der Waals surface area contributed by atoms with Crippen LogP contribution in [0.15, 0.2) is 29.8 Å². The third-order valence-corrected chi connectivity index (χ3v) is 2.72. The van der Waals surface area contributed by atoms with Crippen LogP contribution in [0.1, 0.15) is 12.5 Å². The molecule has 1 atom stereocenters. The van der Waals surface area contributed by atoms with Gasteiger partial charge in [-0.3, -0.25) is 4.79 Å². The molecule has 4 nitrogen and oxygen atoms in total. The van der Waals surface area contributed by atoms with Gasteiger partial charge in [0.05, 0.1) is 12.7 Å². The predicted octanol–water partition coefficient (Wildman–Crippen LogP) is 1.87. The number of aliphatic hydroxyl groups is 1. The van der Waals surface area contributed by atoms with Crippen LogP contribution in [0, 0.1) is 0 Å². The molecule has 0 aliphatic heterocycles. The molecule has 19 heavy (non-hydrogen) atoms. The maximum Gasteiger partial charge on any atom is 0.247 e. The smallest absolute Gasteiger partial charge is 0.247 e. The van der Waals surface area contributed by atoms with Gasteiger partial charge in [-0.15, -0.1) is 0 Å². The Morgan fingerprint density at radius 2 is 2.11 bits per heavy atom. The number of carbonyl (C=O) groups is 1. The zero-order valence-corrected chi connectivity index (χ0v) is 11.8. The number of halogens is 1. The second-order valence-corrected chi connectivity index (χ2v) is 4.63. The third-order valence-electron chi connectivity index (χ3n) is 2.47. The lowest BCUT2D eigenvalue weighted by Crippen LogP contribution is -2.34. The Balaban J connectivity index is 2.54. The first-order chi connectivity index (χ1) is 9.02. The number of carbonyl (C=O) groups excluding carboxylic acids is 1. The number of amides is 1. The van der Waals surface area contributed by atoms with Gasteiger partial charge in [-0.05, 0) is 30.7 Å². The molecule has 1 aromatic carbocycles. The molecule has 0 aliphatic carbocycles. The van der Waals surface area contributed by atoms with E-state index in [-0.39, 0.29) is 19.1 Å². The quantitative estimate of drug-likeness (QED) is 0.784. The number of benzene rings is 1. The minimum absolute atomic E-state index is 0.165. The largest absolute Gasteiger partial charge is 0.389 e. The molecule has 0 spiro atoms. The Bertz CT molecular complexity index is 443. The van der Waals surface area contributed by atoms with Gasteiger partial charge in [0.25, 0.3) is 0 Å². The summed E-state index contributed by atoms with van der Waals surface area (Å²) in [6.07, 6.45) is 1.06. The summed E-state index contributed by atoms with van der Waals surface area (Å²) >= 11 is 5.79. The standard InChI is InChI=1S/C14H18ClNO3/c1-10(7-11-3-5-12(15)6-4-11)14(18)16-8-13(17)9-19-2/h3-7,13,17H,8-9H2,1-2H3,(H,16,18)/b10-7+. The zero-order valence-electron chi connectivity index (χ0n) is 11.0. The van der Waals surface area contributed by atoms with E-state index in [2.05, 4.69) is 5.32 Å². The molecule has 0 aromatic heterocycles. The first kappa shape index (κ1) is 15.7. The summed E-state index contributed by atoms with van der Waals surface area (Å²) in [6, 6.07) is 7.19. The minimum Gasteiger partial charge on any atom is -0.389 e. The fourth-order valence-electron chi connectivity index (χ4n) is 1.48. The molecular formula is C14H18ClNO3. The van der Waals surface area contributed by atoms with Crippen molar-refractivity contribution in [3.63, 3.8) is 0 Å². The van der Waals surface area contributed by atoms with E-state index in [9.17, 15) is 9.90 Å². The Morgan fingerprint density at radius 1 is 1.47 bits per heavy atom. The topological polar surface area (TPSA) is 58.6 Å². The SMILES string of the molecule is COCC(O)CNC(=O)/C(C)=C/c1ccc(Cl)cc1. The first-order valence-electron chi connectivity index (χ1n) is 5.92. The van der Waals surface area contributed by atoms with Gasteiger partial charge in [0.15, 0.2) is 0 Å². The molecule has 0 bridgehead atoms. The maximum absolute atomic E-state index is 11.8. The Hall–Kier alpha value is -1.36. The van der Waals surface area contributed by atoms with E-state index >= 15 is 0 Å². The van der Waals surface area contributed by atoms with E-state index in [1.54, 1.807) is 25.1 Å². The number of hydrogen-bond donors (Lipinski definition) is 2. The van der Waals surface area contributed by atoms with Crippen LogP contribution < -0.4 is 5.32 Å². The van der Waals surface area contributed by atoms with Crippen molar-refractivity contribution in [3.05, 3.63) is 40.4 Å². The monoisotopic (exact) mass is 283 g/mol. The van der Waals surface area contributed by atoms with E-state index in [1.165, 1.54) is 7.11 Å². The second-order valence-electron chi connectivity index (χ2n) is 4.20. The molecule has 0 radical (unpaired) electrons. The molecule has 2 N–H and O–H groups in total. The number of ether oxygens (including phenoxy) is 1. The van der Waals surface area contributed by atoms with Gasteiger partial charge in [-0.2, -0.15) is 0 Å². The lowest BCUT2D eigenvalue weighted by Gasteiger charge is -2.10. The van der Waals surface area contributed by atoms with Gasteiger partial charge in [0.1, 0.15) is 0 Å². The molecule has 0 aliphatic rings. The van der Waals surface area contributed by atoms with Crippen LogP contribution in [0.2, 0.25) is 5.02 Å². The lowest BCUT2D eigenvalue weighted by molar-refractivity contribution is -0.118. The van der Waals surface area contributed by atoms with Crippen LogP contribution in [0.5, 0.6) is 0 Å². The average molecular weight is 284 g/mol. The van der Waals surface area contributed by atoms with Gasteiger partial charge in [0.2, 0.25) is 5.91 Å². The molecule has 1 rings (SSSR count). The average Bonchev–Trinajstić information content (AvgIpc) is 2.39. The molecule has 1 amide bonds. The van der Waals surface area contributed by atoms with Crippen molar-refractivity contribution in [2.45, 2.75) is 13.0 Å². The fourth-order valence-corrected chi connectivity index (χ4v) is 1.60. The van der Waals surface area contributed by atoms with Gasteiger partial charge >= 0.3 is 0 Å². The van der Waals surface area contributed by atoms with E-state index < -0.39 is 6.10 Å². The summed E-state index contributed by atoms with van der Waals surface area (Å²) in [5.41, 5.74) is 1.46. The number of hydrogen-bond acceptors (Lipinski definition) is 3. The molecule has 104 valence electrons. The number of rotatable bonds is 6. The Labute approximate surface area is 118 Å². The predicted molar refractivity (Wildman–Crippen MR) is 76.0 cm³/mol. The van der Waals surface area contributed by atoms with Crippen LogP contribution in [-0.4, -0.2) is 37.4 Å². The highest BCUT2D eigenvalue weighted by molar-refractivity contribution is 6.30. The summed E-state index contributed by atoms with van der Waals surface area (Å²) in [5.74, 6) is -0.217. The van der Waals surface area contributed by atoms with Gasteiger partial charge < -0.3 is 15.2 Å². The van der Waals surface area contributed by atoms with E-state index in [4.69, 9.17) is 16.3 Å². The number of nitrogens with one attached hydrogen (secondary N) is 1. The molecule has 1 aromatic rings. The van der Waals surface area contributed by atoms with Crippen molar-refractivity contribution in [1.29, 1.82) is 0 Å². The molecule has 1 unspecified atom stereocenters. The maximum atomic E-state index is 11.8. The van der Waals surface area contributed by atoms with Crippen molar-refractivity contribution < 1.29 is 14.6 Å². The number of aliphatic hydroxyl groups excluding tert-OH is 1. The highest BCUT2D eigenvalue weighted by Gasteiger charge is 2.08. The van der Waals surface area contributed by atoms with Crippen molar-refractivity contribution in [2.24, 2.45) is 0 Å². The lowest BCUT2D eigenvalue weighted by atomic mass is 10.1. The highest BCUT2D eigenvalue weighted by Crippen LogP contribution is 2.12. The Morgan fingerprint density at radius 3 is 2.68 bits per heavy atom. The third kappa shape index (κ3) is 5.87. The molecule has 0 fully saturated rings. The summed E-state index contributed by atoms with van der Waals surface area (Å²) < 4.78 is 4.77. The van der Waals surface area contributed by atoms with E-state index in [1.807, 2.05) is 12.1 Å². The summed E-state index contributed by atoms with van der Waals surface area (Å²) in [4.78, 5) is 11.8. The summed E-state index contributed by atoms with van der Waals surface area (Å²) in [5, 5.41) is 12.7. The van der Waals surface area contributed by atoms with Crippen molar-refractivity contribution in [3.8, 4) is 0 Å². The van der Waals surface area contributed by atoms with Crippen LogP contribution >= 0.6 is 11.6 Å². The first-order valence-corrected chi connectivity index (χ1v) is 6.29. The Kier molecular flexibility index (Phi) is 6.56. The normalized spacial score (nSPS) is 13.2. The van der Waals surface area contributed by atoms with Gasteiger partial charge in [-0.25, -0.2) is 0 Å². The molecule has 5 heteroatoms. The second kappa shape index (κ2) is 7.94. The van der Waals surface area contributed by atoms with Crippen LogP contribution in [0.25, 0.3) is 6.08 Å². The minimum atomic E-state index is -0.697. The fraction of sp³-hybridized carbons (Fsp3) is 0.357. The van der Waals surface area contributed by atoms with Crippen LogP contribution in [0.4, 0.5) is 0 Å². The molecule has 0 saturated carbocycles. The van der Waals surface area contributed by atoms with E-state index in [0.29, 0.717) is 10.6 Å². The van der Waals surface area contributed by atoms with E-state index in [0.717, 1.165) is 5.56 Å². The zero-order chi connectivity index (χ0) is 14.3. The molecule has 0 saturated heterocycles. The number of methoxy groups -OCH3 is 1. The van der Waals surface area contributed by atoms with Gasteiger partial charge in [-0.1, -0.05) is 23.7 Å². The van der Waals surface area contributed by atoms with Crippen LogP contribution in [0.3, 0.4) is 0 Å². The molecule has 0 heterocycles. The van der Waals surface area contributed by atoms with Crippen LogP contribution in [-0.2, 0) is 9.53 Å². The van der Waals surface area contributed by atoms with Crippen molar-refractivity contribution >= 4 is 23.6 Å². The summed E-state index contributed by atoms with van der Waals surface area (Å²) in [6.45, 7) is 2.07. The van der Waals surface area contributed by atoms with Gasteiger partial charge in [0, 0.05) is 24.3 Å². The summed E-state index contributed by atoms with van der Waals surface area (Å²) in [7, 11) is 1.50. The molecular weight excluding hydrogens is 266 g/mol. The van der Waals surface area contributed by atoms with Crippen molar-refractivity contribution in [1.82, 2.24) is 5.32 Å².